The quantitative estimate of drug-likeness (QED) is 0.496. The van der Waals surface area contributed by atoms with Crippen LogP contribution in [0.25, 0.3) is 0 Å². The Balaban J connectivity index is 1.48. The Labute approximate surface area is 140 Å². The van der Waals surface area contributed by atoms with E-state index in [9.17, 15) is 0 Å². The van der Waals surface area contributed by atoms with Gasteiger partial charge in [-0.3, -0.25) is 0 Å². The maximum absolute atomic E-state index is 5.71. The normalized spacial score (nSPS) is 10.9. The Kier molecular flexibility index (Phi) is 5.19. The Bertz CT molecular complexity index is 783. The minimum Gasteiger partial charge on any atom is -0.490 e. The van der Waals surface area contributed by atoms with Crippen LogP contribution in [0.5, 0.6) is 11.5 Å². The first-order chi connectivity index (χ1) is 11.8. The number of aromatic nitrogens is 3. The van der Waals surface area contributed by atoms with Gasteiger partial charge in [-0.15, -0.1) is 10.2 Å². The van der Waals surface area contributed by atoms with Gasteiger partial charge in [0.2, 0.25) is 0 Å². The lowest BCUT2D eigenvalue weighted by molar-refractivity contribution is 0.217. The Morgan fingerprint density at radius 2 is 1.67 bits per heavy atom. The number of rotatable bonds is 7. The number of ether oxygens (including phenoxy) is 2. The van der Waals surface area contributed by atoms with Gasteiger partial charge in [0.25, 0.3) is 0 Å². The van der Waals surface area contributed by atoms with E-state index >= 15 is 0 Å². The molecular weight excluding hydrogens is 304 g/mol. The van der Waals surface area contributed by atoms with E-state index in [0.717, 1.165) is 17.1 Å². The van der Waals surface area contributed by atoms with Crippen LogP contribution in [0, 0.1) is 6.92 Å². The molecule has 6 heteroatoms. The molecule has 0 amide bonds. The van der Waals surface area contributed by atoms with Crippen molar-refractivity contribution in [3.63, 3.8) is 0 Å². The number of hydrogen-bond acceptors (Lipinski definition) is 5. The Morgan fingerprint density at radius 1 is 0.958 bits per heavy atom. The van der Waals surface area contributed by atoms with Gasteiger partial charge in [-0.05, 0) is 36.8 Å². The lowest BCUT2D eigenvalue weighted by Gasteiger charge is -2.09. The predicted octanol–water partition coefficient (Wildman–Crippen LogP) is 2.93. The van der Waals surface area contributed by atoms with Crippen LogP contribution in [-0.2, 0) is 0 Å². The van der Waals surface area contributed by atoms with E-state index in [4.69, 9.17) is 9.47 Å². The topological polar surface area (TPSA) is 61.5 Å². The van der Waals surface area contributed by atoms with Gasteiger partial charge in [0.1, 0.15) is 37.4 Å². The molecule has 2 aromatic carbocycles. The molecule has 3 rings (SSSR count). The largest absolute Gasteiger partial charge is 0.490 e. The summed E-state index contributed by atoms with van der Waals surface area (Å²) >= 11 is 0. The smallest absolute Gasteiger partial charge is 0.141 e. The number of benzene rings is 2. The van der Waals surface area contributed by atoms with Gasteiger partial charge in [-0.2, -0.15) is 5.10 Å². The highest BCUT2D eigenvalue weighted by Crippen LogP contribution is 2.13. The summed E-state index contributed by atoms with van der Waals surface area (Å²) in [5, 5.41) is 11.6. The average molecular weight is 322 g/mol. The van der Waals surface area contributed by atoms with Crippen LogP contribution in [0.1, 0.15) is 11.1 Å². The van der Waals surface area contributed by atoms with Crippen LogP contribution in [0.4, 0.5) is 0 Å². The highest BCUT2D eigenvalue weighted by atomic mass is 16.5. The molecule has 0 aliphatic carbocycles. The molecule has 0 saturated carbocycles. The van der Waals surface area contributed by atoms with E-state index in [1.54, 1.807) is 6.21 Å². The summed E-state index contributed by atoms with van der Waals surface area (Å²) in [4.78, 5) is 0. The molecule has 6 nitrogen and oxygen atoms in total. The second-order valence-corrected chi connectivity index (χ2v) is 5.17. The first-order valence-electron chi connectivity index (χ1n) is 7.61. The highest BCUT2D eigenvalue weighted by Gasteiger charge is 1.97. The molecule has 24 heavy (non-hydrogen) atoms. The summed E-state index contributed by atoms with van der Waals surface area (Å²) in [5.41, 5.74) is 2.14. The minimum atomic E-state index is 0.472. The maximum Gasteiger partial charge on any atom is 0.141 e. The number of aryl methyl sites for hydroxylation is 1. The van der Waals surface area contributed by atoms with Crippen LogP contribution in [0.2, 0.25) is 0 Å². The van der Waals surface area contributed by atoms with Gasteiger partial charge in [0.05, 0.1) is 6.21 Å². The molecule has 1 aromatic heterocycles. The van der Waals surface area contributed by atoms with Crippen molar-refractivity contribution in [2.45, 2.75) is 6.92 Å². The molecule has 0 atom stereocenters. The van der Waals surface area contributed by atoms with Gasteiger partial charge in [0, 0.05) is 0 Å². The van der Waals surface area contributed by atoms with Crippen LogP contribution >= 0.6 is 0 Å². The van der Waals surface area contributed by atoms with Crippen molar-refractivity contribution in [2.75, 3.05) is 13.2 Å². The van der Waals surface area contributed by atoms with Crippen molar-refractivity contribution in [3.8, 4) is 11.5 Å². The SMILES string of the molecule is Cc1ccc(OCCOc2cccc(C=Nn3cnnc3)c2)cc1. The van der Waals surface area contributed by atoms with Crippen LogP contribution in [-0.4, -0.2) is 34.3 Å². The van der Waals surface area contributed by atoms with E-state index in [1.165, 1.54) is 22.9 Å². The van der Waals surface area contributed by atoms with Gasteiger partial charge in [-0.25, -0.2) is 4.68 Å². The van der Waals surface area contributed by atoms with Gasteiger partial charge in [-0.1, -0.05) is 29.8 Å². The van der Waals surface area contributed by atoms with Crippen molar-refractivity contribution in [1.29, 1.82) is 0 Å². The summed E-state index contributed by atoms with van der Waals surface area (Å²) in [6.45, 7) is 3.01. The molecule has 1 heterocycles. The van der Waals surface area contributed by atoms with Crippen LogP contribution < -0.4 is 9.47 Å². The van der Waals surface area contributed by atoms with Crippen LogP contribution in [0.3, 0.4) is 0 Å². The van der Waals surface area contributed by atoms with E-state index in [0.29, 0.717) is 13.2 Å². The first-order valence-corrected chi connectivity index (χ1v) is 7.61. The van der Waals surface area contributed by atoms with Crippen molar-refractivity contribution >= 4 is 6.21 Å². The molecule has 0 saturated heterocycles. The minimum absolute atomic E-state index is 0.472. The van der Waals surface area contributed by atoms with E-state index in [1.807, 2.05) is 55.5 Å². The number of hydrogen-bond donors (Lipinski definition) is 0. The fraction of sp³-hybridized carbons (Fsp3) is 0.167. The standard InChI is InChI=1S/C18H18N4O2/c1-15-5-7-17(8-6-15)23-9-10-24-18-4-2-3-16(11-18)12-21-22-13-19-20-14-22/h2-8,11-14H,9-10H2,1H3. The first kappa shape index (κ1) is 15.7. The van der Waals surface area contributed by atoms with Gasteiger partial charge >= 0.3 is 0 Å². The summed E-state index contributed by atoms with van der Waals surface area (Å²) in [6.07, 6.45) is 4.78. The molecule has 0 bridgehead atoms. The summed E-state index contributed by atoms with van der Waals surface area (Å²) in [5.74, 6) is 1.62. The van der Waals surface area contributed by atoms with Crippen molar-refractivity contribution in [2.24, 2.45) is 5.10 Å². The molecule has 0 N–H and O–H groups in total. The zero-order valence-corrected chi connectivity index (χ0v) is 13.4. The third-order valence-corrected chi connectivity index (χ3v) is 3.25. The molecule has 0 spiro atoms. The monoisotopic (exact) mass is 322 g/mol. The predicted molar refractivity (Wildman–Crippen MR) is 91.6 cm³/mol. The highest BCUT2D eigenvalue weighted by molar-refractivity contribution is 5.80. The third kappa shape index (κ3) is 4.67. The van der Waals surface area contributed by atoms with Gasteiger partial charge in [0.15, 0.2) is 0 Å². The molecule has 0 radical (unpaired) electrons. The van der Waals surface area contributed by atoms with Gasteiger partial charge < -0.3 is 9.47 Å². The molecule has 0 aliphatic heterocycles. The fourth-order valence-electron chi connectivity index (χ4n) is 2.03. The Hall–Kier alpha value is -3.15. The lowest BCUT2D eigenvalue weighted by atomic mass is 10.2. The summed E-state index contributed by atoms with van der Waals surface area (Å²) in [6, 6.07) is 15.6. The fourth-order valence-corrected chi connectivity index (χ4v) is 2.03. The van der Waals surface area contributed by atoms with E-state index < -0.39 is 0 Å². The van der Waals surface area contributed by atoms with E-state index in [-0.39, 0.29) is 0 Å². The maximum atomic E-state index is 5.71. The molecule has 0 fully saturated rings. The second kappa shape index (κ2) is 7.92. The lowest BCUT2D eigenvalue weighted by Crippen LogP contribution is -2.09. The van der Waals surface area contributed by atoms with Crippen molar-refractivity contribution < 1.29 is 9.47 Å². The van der Waals surface area contributed by atoms with Crippen LogP contribution in [0.15, 0.2) is 66.3 Å². The van der Waals surface area contributed by atoms with Crippen molar-refractivity contribution in [3.05, 3.63) is 72.3 Å². The zero-order valence-electron chi connectivity index (χ0n) is 13.4. The molecule has 122 valence electrons. The zero-order chi connectivity index (χ0) is 16.6. The molecule has 3 aromatic rings. The average Bonchev–Trinajstić information content (AvgIpc) is 3.12. The second-order valence-electron chi connectivity index (χ2n) is 5.17. The Morgan fingerprint density at radius 3 is 2.42 bits per heavy atom. The molecule has 0 unspecified atom stereocenters. The number of nitrogens with zero attached hydrogens (tertiary/aromatic N) is 4. The molecular formula is C18H18N4O2. The van der Waals surface area contributed by atoms with Crippen molar-refractivity contribution in [1.82, 2.24) is 14.9 Å². The van der Waals surface area contributed by atoms with E-state index in [2.05, 4.69) is 15.3 Å². The third-order valence-electron chi connectivity index (χ3n) is 3.25. The summed E-state index contributed by atoms with van der Waals surface area (Å²) in [7, 11) is 0. The summed E-state index contributed by atoms with van der Waals surface area (Å²) < 4.78 is 12.9. The molecule has 0 aliphatic rings.